The maximum absolute atomic E-state index is 11.5. The van der Waals surface area contributed by atoms with E-state index in [4.69, 9.17) is 5.73 Å². The summed E-state index contributed by atoms with van der Waals surface area (Å²) in [6.45, 7) is 2.30. The van der Waals surface area contributed by atoms with E-state index in [1.54, 1.807) is 18.2 Å². The number of carbonyl (C=O) groups excluding carboxylic acids is 1. The molecule has 0 aliphatic carbocycles. The van der Waals surface area contributed by atoms with Gasteiger partial charge in [0.15, 0.2) is 0 Å². The van der Waals surface area contributed by atoms with Gasteiger partial charge in [0.1, 0.15) is 5.75 Å². The van der Waals surface area contributed by atoms with Crippen molar-refractivity contribution in [2.45, 2.75) is 38.8 Å². The van der Waals surface area contributed by atoms with Gasteiger partial charge in [0.05, 0.1) is 0 Å². The molecular weight excluding hydrogens is 216 g/mol. The number of benzene rings is 1. The lowest BCUT2D eigenvalue weighted by Gasteiger charge is -2.07. The van der Waals surface area contributed by atoms with E-state index in [2.05, 4.69) is 5.32 Å². The number of para-hydroxylation sites is 1. The third-order valence-electron chi connectivity index (χ3n) is 2.53. The lowest BCUT2D eigenvalue weighted by Crippen LogP contribution is -2.23. The number of phenols is 1. The summed E-state index contributed by atoms with van der Waals surface area (Å²) in [4.78, 5) is 11.5. The average molecular weight is 236 g/mol. The number of nitrogens with two attached hydrogens (primary N) is 1. The molecule has 1 aromatic carbocycles. The number of amides is 1. The number of phenolic OH excluding ortho intramolecular Hbond substituents is 1. The Morgan fingerprint density at radius 2 is 2.18 bits per heavy atom. The molecule has 0 saturated carbocycles. The summed E-state index contributed by atoms with van der Waals surface area (Å²) in [6, 6.07) is 7.12. The van der Waals surface area contributed by atoms with E-state index in [9.17, 15) is 9.90 Å². The molecule has 0 aliphatic rings. The highest BCUT2D eigenvalue weighted by molar-refractivity contribution is 5.75. The standard InChI is InChI=1S/C13H20N2O2/c1-10(14)5-4-8-13(17)15-9-11-6-2-3-7-12(11)16/h2-3,6-7,10,16H,4-5,8-9,14H2,1H3,(H,15,17). The molecule has 4 N–H and O–H groups in total. The molecule has 94 valence electrons. The van der Waals surface area contributed by atoms with Crippen LogP contribution in [0.3, 0.4) is 0 Å². The summed E-state index contributed by atoms with van der Waals surface area (Å²) in [6.07, 6.45) is 2.13. The summed E-state index contributed by atoms with van der Waals surface area (Å²) in [5.41, 5.74) is 6.33. The van der Waals surface area contributed by atoms with Crippen molar-refractivity contribution >= 4 is 5.91 Å². The van der Waals surface area contributed by atoms with Crippen LogP contribution < -0.4 is 11.1 Å². The zero-order valence-electron chi connectivity index (χ0n) is 10.1. The summed E-state index contributed by atoms with van der Waals surface area (Å²) in [5.74, 6) is 0.206. The van der Waals surface area contributed by atoms with Crippen molar-refractivity contribution in [3.8, 4) is 5.75 Å². The van der Waals surface area contributed by atoms with Crippen LogP contribution in [0.4, 0.5) is 0 Å². The lowest BCUT2D eigenvalue weighted by molar-refractivity contribution is -0.121. The molecule has 0 radical (unpaired) electrons. The Hall–Kier alpha value is -1.55. The zero-order valence-corrected chi connectivity index (χ0v) is 10.1. The average Bonchev–Trinajstić information content (AvgIpc) is 2.27. The van der Waals surface area contributed by atoms with Crippen LogP contribution in [-0.4, -0.2) is 17.1 Å². The highest BCUT2D eigenvalue weighted by Gasteiger charge is 2.04. The fourth-order valence-corrected chi connectivity index (χ4v) is 1.53. The molecule has 0 bridgehead atoms. The zero-order chi connectivity index (χ0) is 12.7. The molecular formula is C13H20N2O2. The molecule has 4 nitrogen and oxygen atoms in total. The second-order valence-corrected chi connectivity index (χ2v) is 4.27. The minimum absolute atomic E-state index is 0.00565. The number of rotatable bonds is 6. The van der Waals surface area contributed by atoms with Gasteiger partial charge in [-0.25, -0.2) is 0 Å². The molecule has 1 rings (SSSR count). The van der Waals surface area contributed by atoms with Crippen molar-refractivity contribution in [2.24, 2.45) is 5.73 Å². The minimum Gasteiger partial charge on any atom is -0.508 e. The Kier molecular flexibility index (Phi) is 5.49. The van der Waals surface area contributed by atoms with Gasteiger partial charge in [-0.05, 0) is 25.8 Å². The first-order valence-electron chi connectivity index (χ1n) is 5.88. The highest BCUT2D eigenvalue weighted by Crippen LogP contribution is 2.14. The largest absolute Gasteiger partial charge is 0.508 e. The molecule has 4 heteroatoms. The first-order chi connectivity index (χ1) is 8.09. The second-order valence-electron chi connectivity index (χ2n) is 4.27. The van der Waals surface area contributed by atoms with Gasteiger partial charge in [-0.15, -0.1) is 0 Å². The van der Waals surface area contributed by atoms with Gasteiger partial charge in [-0.2, -0.15) is 0 Å². The van der Waals surface area contributed by atoms with Crippen molar-refractivity contribution in [3.05, 3.63) is 29.8 Å². The maximum Gasteiger partial charge on any atom is 0.220 e. The molecule has 0 spiro atoms. The molecule has 1 unspecified atom stereocenters. The second kappa shape index (κ2) is 6.91. The van der Waals surface area contributed by atoms with Crippen molar-refractivity contribution < 1.29 is 9.90 Å². The van der Waals surface area contributed by atoms with Gasteiger partial charge in [0.25, 0.3) is 0 Å². The number of aromatic hydroxyl groups is 1. The molecule has 0 heterocycles. The Morgan fingerprint density at radius 1 is 1.47 bits per heavy atom. The lowest BCUT2D eigenvalue weighted by atomic mass is 10.1. The van der Waals surface area contributed by atoms with Crippen LogP contribution in [0.2, 0.25) is 0 Å². The Labute approximate surface area is 102 Å². The molecule has 0 aliphatic heterocycles. The van der Waals surface area contributed by atoms with E-state index in [0.29, 0.717) is 13.0 Å². The Bertz CT molecular complexity index is 364. The highest BCUT2D eigenvalue weighted by atomic mass is 16.3. The fourth-order valence-electron chi connectivity index (χ4n) is 1.53. The number of hydrogen-bond acceptors (Lipinski definition) is 3. The molecule has 17 heavy (non-hydrogen) atoms. The van der Waals surface area contributed by atoms with E-state index in [0.717, 1.165) is 18.4 Å². The number of hydrogen-bond donors (Lipinski definition) is 3. The van der Waals surface area contributed by atoms with E-state index >= 15 is 0 Å². The third kappa shape index (κ3) is 5.36. The molecule has 0 fully saturated rings. The summed E-state index contributed by atoms with van der Waals surface area (Å²) in [7, 11) is 0. The predicted octanol–water partition coefficient (Wildman–Crippen LogP) is 1.53. The SMILES string of the molecule is CC(N)CCCC(=O)NCc1ccccc1O. The quantitative estimate of drug-likeness (QED) is 0.701. The predicted molar refractivity (Wildman–Crippen MR) is 67.5 cm³/mol. The van der Waals surface area contributed by atoms with E-state index < -0.39 is 0 Å². The van der Waals surface area contributed by atoms with Gasteiger partial charge in [-0.3, -0.25) is 4.79 Å². The summed E-state index contributed by atoms with van der Waals surface area (Å²) >= 11 is 0. The van der Waals surface area contributed by atoms with Crippen LogP contribution in [0.1, 0.15) is 31.7 Å². The van der Waals surface area contributed by atoms with Gasteiger partial charge in [0.2, 0.25) is 5.91 Å². The summed E-state index contributed by atoms with van der Waals surface area (Å²) in [5, 5.41) is 12.3. The molecule has 1 aromatic rings. The Morgan fingerprint density at radius 3 is 2.82 bits per heavy atom. The van der Waals surface area contributed by atoms with E-state index in [-0.39, 0.29) is 17.7 Å². The van der Waals surface area contributed by atoms with Crippen LogP contribution in [0.25, 0.3) is 0 Å². The van der Waals surface area contributed by atoms with Crippen molar-refractivity contribution in [3.63, 3.8) is 0 Å². The Balaban J connectivity index is 2.26. The van der Waals surface area contributed by atoms with Gasteiger partial charge < -0.3 is 16.2 Å². The minimum atomic E-state index is -0.00565. The normalized spacial score (nSPS) is 12.1. The van der Waals surface area contributed by atoms with E-state index in [1.165, 1.54) is 0 Å². The first-order valence-corrected chi connectivity index (χ1v) is 5.88. The fraction of sp³-hybridized carbons (Fsp3) is 0.462. The van der Waals surface area contributed by atoms with Gasteiger partial charge in [0, 0.05) is 24.6 Å². The van der Waals surface area contributed by atoms with Gasteiger partial charge >= 0.3 is 0 Å². The van der Waals surface area contributed by atoms with Crippen LogP contribution in [-0.2, 0) is 11.3 Å². The summed E-state index contributed by atoms with van der Waals surface area (Å²) < 4.78 is 0. The topological polar surface area (TPSA) is 75.4 Å². The first kappa shape index (κ1) is 13.5. The van der Waals surface area contributed by atoms with Crippen LogP contribution in [0.15, 0.2) is 24.3 Å². The van der Waals surface area contributed by atoms with Crippen LogP contribution >= 0.6 is 0 Å². The smallest absolute Gasteiger partial charge is 0.220 e. The van der Waals surface area contributed by atoms with E-state index in [1.807, 2.05) is 13.0 Å². The third-order valence-corrected chi connectivity index (χ3v) is 2.53. The molecule has 1 atom stereocenters. The van der Waals surface area contributed by atoms with Crippen molar-refractivity contribution in [1.29, 1.82) is 0 Å². The molecule has 0 saturated heterocycles. The number of carbonyl (C=O) groups is 1. The molecule has 1 amide bonds. The van der Waals surface area contributed by atoms with Crippen LogP contribution in [0, 0.1) is 0 Å². The monoisotopic (exact) mass is 236 g/mol. The number of nitrogens with one attached hydrogen (secondary N) is 1. The van der Waals surface area contributed by atoms with Crippen molar-refractivity contribution in [1.82, 2.24) is 5.32 Å². The molecule has 0 aromatic heterocycles. The van der Waals surface area contributed by atoms with Crippen LogP contribution in [0.5, 0.6) is 5.75 Å². The maximum atomic E-state index is 11.5. The van der Waals surface area contributed by atoms with Gasteiger partial charge in [-0.1, -0.05) is 18.2 Å². The van der Waals surface area contributed by atoms with Crippen molar-refractivity contribution in [2.75, 3.05) is 0 Å².